The first-order valence-electron chi connectivity index (χ1n) is 10.5. The Morgan fingerprint density at radius 1 is 1.18 bits per heavy atom. The first-order chi connectivity index (χ1) is 15.7. The topological polar surface area (TPSA) is 124 Å². The van der Waals surface area contributed by atoms with Crippen LogP contribution >= 0.6 is 15.9 Å². The lowest BCUT2D eigenvalue weighted by Crippen LogP contribution is -2.28. The van der Waals surface area contributed by atoms with Crippen LogP contribution in [-0.4, -0.2) is 52.1 Å². The minimum atomic E-state index is -3.14. The SMILES string of the molecule is CS(=O)(=O)N1CC2CC(CCc3nonc3-c3noc(=O)n3-c3ccc(F)c(Br)c3)CC2C1. The monoisotopic (exact) mass is 541 g/mol. The zero-order valence-corrected chi connectivity index (χ0v) is 20.1. The predicted molar refractivity (Wildman–Crippen MR) is 117 cm³/mol. The number of halogens is 2. The Bertz CT molecular complexity index is 1340. The Labute approximate surface area is 196 Å². The minimum absolute atomic E-state index is 0.127. The van der Waals surface area contributed by atoms with Gasteiger partial charge < -0.3 is 0 Å². The highest BCUT2D eigenvalue weighted by molar-refractivity contribution is 9.10. The molecule has 0 spiro atoms. The van der Waals surface area contributed by atoms with E-state index in [0.717, 1.165) is 19.3 Å². The molecule has 2 atom stereocenters. The van der Waals surface area contributed by atoms with Crippen LogP contribution in [-0.2, 0) is 16.4 Å². The van der Waals surface area contributed by atoms with Gasteiger partial charge in [0.15, 0.2) is 5.69 Å². The fraction of sp³-hybridized carbons (Fsp3) is 0.500. The van der Waals surface area contributed by atoms with Gasteiger partial charge in [0.2, 0.25) is 15.8 Å². The Morgan fingerprint density at radius 2 is 1.91 bits per heavy atom. The van der Waals surface area contributed by atoms with Crippen LogP contribution in [0.1, 0.15) is 25.0 Å². The van der Waals surface area contributed by atoms with E-state index >= 15 is 0 Å². The van der Waals surface area contributed by atoms with Gasteiger partial charge in [0.25, 0.3) is 0 Å². The molecule has 10 nitrogen and oxygen atoms in total. The van der Waals surface area contributed by atoms with Crippen molar-refractivity contribution in [2.45, 2.75) is 25.7 Å². The summed E-state index contributed by atoms with van der Waals surface area (Å²) in [5, 5.41) is 11.8. The summed E-state index contributed by atoms with van der Waals surface area (Å²) in [4.78, 5) is 12.3. The smallest absolute Gasteiger partial charge is 0.295 e. The van der Waals surface area contributed by atoms with Crippen LogP contribution in [0.5, 0.6) is 0 Å². The molecule has 2 fully saturated rings. The summed E-state index contributed by atoms with van der Waals surface area (Å²) < 4.78 is 50.0. The molecule has 0 N–H and O–H groups in total. The number of aromatic nitrogens is 4. The Hall–Kier alpha value is -2.38. The molecular formula is C20H21BrFN5O5S. The lowest BCUT2D eigenvalue weighted by molar-refractivity contribution is 0.302. The second-order valence-corrected chi connectivity index (χ2v) is 11.6. The van der Waals surface area contributed by atoms with Crippen LogP contribution in [0.25, 0.3) is 17.2 Å². The summed E-state index contributed by atoms with van der Waals surface area (Å²) in [5.41, 5.74) is 1.20. The highest BCUT2D eigenvalue weighted by atomic mass is 79.9. The van der Waals surface area contributed by atoms with Crippen molar-refractivity contribution in [1.29, 1.82) is 0 Å². The summed E-state index contributed by atoms with van der Waals surface area (Å²) in [6.07, 6.45) is 4.59. The van der Waals surface area contributed by atoms with E-state index in [0.29, 0.717) is 54.3 Å². The van der Waals surface area contributed by atoms with Crippen molar-refractivity contribution in [3.63, 3.8) is 0 Å². The number of aryl methyl sites for hydroxylation is 1. The van der Waals surface area contributed by atoms with Crippen LogP contribution in [0.15, 0.2) is 36.6 Å². The molecule has 3 aromatic rings. The van der Waals surface area contributed by atoms with Gasteiger partial charge in [-0.25, -0.2) is 31.1 Å². The van der Waals surface area contributed by atoms with E-state index in [-0.39, 0.29) is 10.3 Å². The molecule has 1 saturated heterocycles. The molecule has 0 amide bonds. The molecule has 2 aliphatic rings. The lowest BCUT2D eigenvalue weighted by Gasteiger charge is -2.16. The van der Waals surface area contributed by atoms with Gasteiger partial charge in [0, 0.05) is 13.1 Å². The van der Waals surface area contributed by atoms with Crippen LogP contribution in [0.3, 0.4) is 0 Å². The fourth-order valence-electron chi connectivity index (χ4n) is 5.02. The molecule has 5 rings (SSSR count). The number of benzene rings is 1. The maximum atomic E-state index is 13.6. The highest BCUT2D eigenvalue weighted by Gasteiger charge is 2.43. The Kier molecular flexibility index (Phi) is 5.73. The summed E-state index contributed by atoms with van der Waals surface area (Å²) in [6.45, 7) is 1.18. The van der Waals surface area contributed by atoms with Gasteiger partial charge in [-0.15, -0.1) is 0 Å². The second-order valence-electron chi connectivity index (χ2n) is 8.74. The van der Waals surface area contributed by atoms with Gasteiger partial charge in [-0.3, -0.25) is 4.52 Å². The first kappa shape index (κ1) is 22.4. The third-order valence-corrected chi connectivity index (χ3v) is 8.45. The zero-order valence-electron chi connectivity index (χ0n) is 17.6. The molecule has 176 valence electrons. The average molecular weight is 542 g/mol. The van der Waals surface area contributed by atoms with E-state index in [1.165, 1.54) is 29.0 Å². The van der Waals surface area contributed by atoms with Crippen molar-refractivity contribution in [2.24, 2.45) is 17.8 Å². The number of sulfonamides is 1. The highest BCUT2D eigenvalue weighted by Crippen LogP contribution is 2.44. The van der Waals surface area contributed by atoms with Crippen molar-refractivity contribution in [3.8, 4) is 17.2 Å². The predicted octanol–water partition coefficient (Wildman–Crippen LogP) is 2.63. The average Bonchev–Trinajstić information content (AvgIpc) is 3.50. The summed E-state index contributed by atoms with van der Waals surface area (Å²) in [7, 11) is -3.14. The second kappa shape index (κ2) is 8.44. The van der Waals surface area contributed by atoms with Gasteiger partial charge in [-0.05, 0) is 82.7 Å². The first-order valence-corrected chi connectivity index (χ1v) is 13.2. The molecule has 13 heteroatoms. The van der Waals surface area contributed by atoms with E-state index in [4.69, 9.17) is 9.15 Å². The standard InChI is InChI=1S/C20H21BrFN5O5S/c1-33(29,30)26-9-12-6-11(7-13(12)10-26)2-5-17-18(24-32-23-17)19-25-31-20(28)27(19)14-3-4-16(22)15(21)8-14/h3-4,8,11-13H,2,5-7,9-10H2,1H3. The van der Waals surface area contributed by atoms with Crippen LogP contribution in [0, 0.1) is 23.6 Å². The molecule has 1 aliphatic heterocycles. The molecule has 0 radical (unpaired) electrons. The van der Waals surface area contributed by atoms with Crippen LogP contribution in [0.2, 0.25) is 0 Å². The molecule has 1 saturated carbocycles. The molecule has 2 aromatic heterocycles. The summed E-state index contributed by atoms with van der Waals surface area (Å²) in [6, 6.07) is 4.11. The van der Waals surface area contributed by atoms with E-state index in [1.54, 1.807) is 4.31 Å². The third-order valence-electron chi connectivity index (χ3n) is 6.61. The largest absolute Gasteiger partial charge is 0.446 e. The molecule has 1 aromatic carbocycles. The van der Waals surface area contributed by atoms with E-state index in [9.17, 15) is 17.6 Å². The molecule has 3 heterocycles. The van der Waals surface area contributed by atoms with Crippen molar-refractivity contribution in [2.75, 3.05) is 19.3 Å². The molecule has 33 heavy (non-hydrogen) atoms. The normalized spacial score (nSPS) is 23.3. The number of nitrogens with zero attached hydrogens (tertiary/aromatic N) is 5. The van der Waals surface area contributed by atoms with Crippen LogP contribution < -0.4 is 5.76 Å². The fourth-order valence-corrected chi connectivity index (χ4v) is 6.31. The molecule has 2 unspecified atom stereocenters. The molecular weight excluding hydrogens is 521 g/mol. The molecule has 0 bridgehead atoms. The number of hydrogen-bond donors (Lipinski definition) is 0. The van der Waals surface area contributed by atoms with Gasteiger partial charge in [-0.1, -0.05) is 10.3 Å². The van der Waals surface area contributed by atoms with Crippen molar-refractivity contribution in [3.05, 3.63) is 44.7 Å². The third kappa shape index (κ3) is 4.28. The zero-order chi connectivity index (χ0) is 23.3. The van der Waals surface area contributed by atoms with Crippen molar-refractivity contribution >= 4 is 26.0 Å². The van der Waals surface area contributed by atoms with E-state index < -0.39 is 21.6 Å². The van der Waals surface area contributed by atoms with Crippen molar-refractivity contribution < 1.29 is 22.0 Å². The maximum absolute atomic E-state index is 13.6. The van der Waals surface area contributed by atoms with Gasteiger partial charge in [-0.2, -0.15) is 0 Å². The quantitative estimate of drug-likeness (QED) is 0.466. The lowest BCUT2D eigenvalue weighted by atomic mass is 9.98. The van der Waals surface area contributed by atoms with E-state index in [2.05, 4.69) is 31.4 Å². The Balaban J connectivity index is 1.31. The Morgan fingerprint density at radius 3 is 2.58 bits per heavy atom. The van der Waals surface area contributed by atoms with Gasteiger partial charge in [0.1, 0.15) is 11.5 Å². The number of hydrogen-bond acceptors (Lipinski definition) is 8. The number of fused-ring (bicyclic) bond motifs is 1. The maximum Gasteiger partial charge on any atom is 0.446 e. The summed E-state index contributed by atoms with van der Waals surface area (Å²) in [5.74, 6) is 0.140. The number of rotatable bonds is 6. The van der Waals surface area contributed by atoms with Gasteiger partial charge in [0.05, 0.1) is 16.4 Å². The summed E-state index contributed by atoms with van der Waals surface area (Å²) >= 11 is 3.12. The van der Waals surface area contributed by atoms with E-state index in [1.807, 2.05) is 0 Å². The van der Waals surface area contributed by atoms with Crippen molar-refractivity contribution in [1.82, 2.24) is 24.3 Å². The minimum Gasteiger partial charge on any atom is -0.295 e. The van der Waals surface area contributed by atoms with Gasteiger partial charge >= 0.3 is 5.76 Å². The van der Waals surface area contributed by atoms with Crippen LogP contribution in [0.4, 0.5) is 4.39 Å². The molecule has 1 aliphatic carbocycles.